The highest BCUT2D eigenvalue weighted by Crippen LogP contribution is 2.50. The fourth-order valence-corrected chi connectivity index (χ4v) is 12.4. The second kappa shape index (κ2) is 27.7. The molecule has 0 amide bonds. The lowest BCUT2D eigenvalue weighted by atomic mass is 9.81. The molecule has 0 N–H and O–H groups in total. The Hall–Kier alpha value is -10.1. The lowest BCUT2D eigenvalue weighted by Crippen LogP contribution is -2.15. The van der Waals surface area contributed by atoms with Crippen LogP contribution in [0.1, 0.15) is 80.6 Å². The van der Waals surface area contributed by atoms with Crippen molar-refractivity contribution in [2.24, 2.45) is 0 Å². The second-order valence-corrected chi connectivity index (χ2v) is 25.6. The predicted molar refractivity (Wildman–Crippen MR) is 397 cm³/mol. The van der Waals surface area contributed by atoms with Crippen LogP contribution in [0.2, 0.25) is 0 Å². The van der Waals surface area contributed by atoms with Crippen molar-refractivity contribution >= 4 is 32.3 Å². The van der Waals surface area contributed by atoms with Crippen molar-refractivity contribution in [1.29, 1.82) is 0 Å². The Labute approximate surface area is 542 Å². The molecule has 14 aromatic rings. The molecule has 1 aliphatic rings. The van der Waals surface area contributed by atoms with Crippen molar-refractivity contribution in [1.82, 2.24) is 0 Å². The van der Waals surface area contributed by atoms with Gasteiger partial charge in [-0.2, -0.15) is 0 Å². The first-order valence-electron chi connectivity index (χ1n) is 32.1. The molecule has 91 heavy (non-hydrogen) atoms. The van der Waals surface area contributed by atoms with Crippen LogP contribution in [0.4, 0.5) is 0 Å². The quantitative estimate of drug-likeness (QED) is 0.161. The van der Waals surface area contributed by atoms with Crippen molar-refractivity contribution in [3.8, 4) is 66.8 Å². The van der Waals surface area contributed by atoms with E-state index in [4.69, 9.17) is 0 Å². The summed E-state index contributed by atoms with van der Waals surface area (Å²) in [6.45, 7) is 26.0. The van der Waals surface area contributed by atoms with Gasteiger partial charge in [-0.25, -0.2) is 0 Å². The van der Waals surface area contributed by atoms with Gasteiger partial charge in [0.25, 0.3) is 0 Å². The molecule has 0 fully saturated rings. The van der Waals surface area contributed by atoms with Crippen LogP contribution < -0.4 is 0 Å². The van der Waals surface area contributed by atoms with Crippen LogP contribution in [-0.2, 0) is 5.41 Å². The van der Waals surface area contributed by atoms with E-state index in [1.165, 1.54) is 166 Å². The predicted octanol–water partition coefficient (Wildman–Crippen LogP) is 25.6. The Morgan fingerprint density at radius 3 is 0.868 bits per heavy atom. The molecule has 0 atom stereocenters. The third-order valence-electron chi connectivity index (χ3n) is 18.0. The summed E-state index contributed by atoms with van der Waals surface area (Å²) in [5.41, 5.74) is 31.8. The molecule has 15 rings (SSSR count). The van der Waals surface area contributed by atoms with Crippen LogP contribution >= 0.6 is 0 Å². The molecule has 0 aromatic heterocycles. The fourth-order valence-electron chi connectivity index (χ4n) is 12.4. The van der Waals surface area contributed by atoms with Crippen LogP contribution in [0.3, 0.4) is 0 Å². The topological polar surface area (TPSA) is 0 Å². The Bertz CT molecular complexity index is 4630. The number of hydrogen-bond donors (Lipinski definition) is 0. The minimum Gasteiger partial charge on any atom is -0.0616 e. The third kappa shape index (κ3) is 14.6. The van der Waals surface area contributed by atoms with Gasteiger partial charge in [0.05, 0.1) is 0 Å². The molecule has 0 heterocycles. The smallest absolute Gasteiger partial charge is 0.0159 e. The number of fused-ring (bicyclic) bond motifs is 6. The molecule has 14 aromatic carbocycles. The standard InChI is InChI=1S/C23H22.3C18H16.C14H14/c1-15-5-8-17(9-6-15)18-10-12-20-19-11-7-16(2)13-21(19)23(3,4)22(20)14-18;1-13-3-6-15(7-4-13)17-10-9-16-11-14(2)5-8-18(16)12-17;2*1-13-7-10-15(11-8-13)17-12-9-14(2)16-5-3-4-6-18(16)17;1-11-3-7-13(8-4-11)14-9-5-12(2)6-10-14/h5-14H,1-4H3;3*3-12H,1-2H3;3-10H,1-2H3. The minimum absolute atomic E-state index is 0.0669. The second-order valence-electron chi connectivity index (χ2n) is 25.6. The van der Waals surface area contributed by atoms with Crippen molar-refractivity contribution in [2.75, 3.05) is 0 Å². The van der Waals surface area contributed by atoms with Gasteiger partial charge in [0.2, 0.25) is 0 Å². The Morgan fingerprint density at radius 2 is 0.451 bits per heavy atom. The van der Waals surface area contributed by atoms with Crippen molar-refractivity contribution < 1.29 is 0 Å². The monoisotopic (exact) mass is 1180 g/mol. The number of hydrogen-bond acceptors (Lipinski definition) is 0. The number of rotatable bonds is 5. The van der Waals surface area contributed by atoms with E-state index in [9.17, 15) is 0 Å². The SMILES string of the molecule is Cc1ccc(-c2ccc(C)c3ccccc23)cc1.Cc1ccc(-c2ccc(C)c3ccccc23)cc1.Cc1ccc(-c2ccc(C)cc2)cc1.Cc1ccc(-c2ccc3c(c2)C(C)(C)c2cc(C)ccc2-3)cc1.Cc1ccc(-c2ccc3cc(C)ccc3c2)cc1. The highest BCUT2D eigenvalue weighted by atomic mass is 14.4. The first kappa shape index (κ1) is 62.5. The molecule has 448 valence electrons. The lowest BCUT2D eigenvalue weighted by molar-refractivity contribution is 0.660. The Kier molecular flexibility index (Phi) is 19.0. The van der Waals surface area contributed by atoms with Gasteiger partial charge < -0.3 is 0 Å². The Balaban J connectivity index is 0.000000118. The van der Waals surface area contributed by atoms with Gasteiger partial charge >= 0.3 is 0 Å². The first-order valence-corrected chi connectivity index (χ1v) is 32.1. The summed E-state index contributed by atoms with van der Waals surface area (Å²) in [5, 5.41) is 7.97. The summed E-state index contributed by atoms with van der Waals surface area (Å²) in [6, 6.07) is 105. The van der Waals surface area contributed by atoms with E-state index >= 15 is 0 Å². The molecule has 0 saturated carbocycles. The van der Waals surface area contributed by atoms with Crippen LogP contribution in [-0.4, -0.2) is 0 Å². The third-order valence-corrected chi connectivity index (χ3v) is 18.0. The van der Waals surface area contributed by atoms with Gasteiger partial charge in [0.15, 0.2) is 0 Å². The van der Waals surface area contributed by atoms with Crippen LogP contribution in [0.25, 0.3) is 99.1 Å². The largest absolute Gasteiger partial charge is 0.0616 e. The van der Waals surface area contributed by atoms with E-state index in [0.717, 1.165) is 0 Å². The molecule has 0 unspecified atom stereocenters. The number of aryl methyl sites for hydroxylation is 10. The van der Waals surface area contributed by atoms with Crippen molar-refractivity contribution in [3.05, 3.63) is 358 Å². The summed E-state index contributed by atoms with van der Waals surface area (Å²) in [7, 11) is 0. The zero-order valence-corrected chi connectivity index (χ0v) is 55.2. The molecule has 0 heteroatoms. The molecule has 0 spiro atoms. The molecular weight excluding hydrogens is 1090 g/mol. The maximum absolute atomic E-state index is 2.38. The summed E-state index contributed by atoms with van der Waals surface area (Å²) < 4.78 is 0. The highest BCUT2D eigenvalue weighted by Gasteiger charge is 2.35. The van der Waals surface area contributed by atoms with E-state index in [2.05, 4.69) is 374 Å². The van der Waals surface area contributed by atoms with E-state index in [1.807, 2.05) is 0 Å². The zero-order valence-electron chi connectivity index (χ0n) is 55.2. The summed E-state index contributed by atoms with van der Waals surface area (Å²) in [4.78, 5) is 0. The van der Waals surface area contributed by atoms with Gasteiger partial charge in [-0.05, 0) is 203 Å². The van der Waals surface area contributed by atoms with Crippen LogP contribution in [0.5, 0.6) is 0 Å². The van der Waals surface area contributed by atoms with E-state index in [1.54, 1.807) is 0 Å². The average Bonchev–Trinajstić information content (AvgIpc) is 1.71. The van der Waals surface area contributed by atoms with Gasteiger partial charge in [-0.15, -0.1) is 0 Å². The summed E-state index contributed by atoms with van der Waals surface area (Å²) in [5.74, 6) is 0. The normalized spacial score (nSPS) is 11.6. The molecule has 0 bridgehead atoms. The van der Waals surface area contributed by atoms with Crippen molar-refractivity contribution in [3.63, 3.8) is 0 Å². The van der Waals surface area contributed by atoms with Crippen LogP contribution in [0.15, 0.2) is 291 Å². The summed E-state index contributed by atoms with van der Waals surface area (Å²) >= 11 is 0. The van der Waals surface area contributed by atoms with Crippen molar-refractivity contribution in [2.45, 2.75) is 88.5 Å². The molecule has 0 saturated heterocycles. The minimum atomic E-state index is 0.0669. The van der Waals surface area contributed by atoms with Gasteiger partial charge in [-0.1, -0.05) is 337 Å². The Morgan fingerprint density at radius 1 is 0.187 bits per heavy atom. The molecule has 0 nitrogen and oxygen atoms in total. The van der Waals surface area contributed by atoms with Gasteiger partial charge in [0, 0.05) is 5.41 Å². The molecule has 0 radical (unpaired) electrons. The first-order chi connectivity index (χ1) is 43.9. The van der Waals surface area contributed by atoms with E-state index in [0.29, 0.717) is 0 Å². The van der Waals surface area contributed by atoms with E-state index < -0.39 is 0 Å². The van der Waals surface area contributed by atoms with Crippen LogP contribution in [0, 0.1) is 69.2 Å². The molecule has 0 aliphatic heterocycles. The summed E-state index contributed by atoms with van der Waals surface area (Å²) in [6.07, 6.45) is 0. The highest BCUT2D eigenvalue weighted by molar-refractivity contribution is 5.99. The molecule has 1 aliphatic carbocycles. The fraction of sp³-hybridized carbons (Fsp3) is 0.143. The maximum atomic E-state index is 2.38. The number of benzene rings is 14. The van der Waals surface area contributed by atoms with E-state index in [-0.39, 0.29) is 5.41 Å². The zero-order chi connectivity index (χ0) is 63.8. The molecular formula is C91H84. The van der Waals surface area contributed by atoms with Gasteiger partial charge in [0.1, 0.15) is 0 Å². The maximum Gasteiger partial charge on any atom is 0.0159 e. The average molecular weight is 1180 g/mol. The lowest BCUT2D eigenvalue weighted by Gasteiger charge is -2.22. The van der Waals surface area contributed by atoms with Gasteiger partial charge in [-0.3, -0.25) is 0 Å².